The van der Waals surface area contributed by atoms with Crippen LogP contribution in [0, 0.1) is 20.8 Å². The maximum Gasteiger partial charge on any atom is 0.344 e. The number of hydrogen-bond acceptors (Lipinski definition) is 6. The molecule has 122 valence electrons. The maximum absolute atomic E-state index is 11.6. The van der Waals surface area contributed by atoms with Crippen LogP contribution in [0.5, 0.6) is 5.75 Å². The number of nitrogens with one attached hydrogen (secondary N) is 1. The second-order valence-corrected chi connectivity index (χ2v) is 5.07. The summed E-state index contributed by atoms with van der Waals surface area (Å²) >= 11 is 0. The molecule has 7 nitrogen and oxygen atoms in total. The molecule has 1 amide bonds. The van der Waals surface area contributed by atoms with Crippen molar-refractivity contribution in [3.63, 3.8) is 0 Å². The van der Waals surface area contributed by atoms with Gasteiger partial charge in [-0.25, -0.2) is 4.79 Å². The number of aromatic nitrogens is 1. The minimum atomic E-state index is -0.630. The van der Waals surface area contributed by atoms with Gasteiger partial charge in [0.15, 0.2) is 19.0 Å². The highest BCUT2D eigenvalue weighted by Gasteiger charge is 2.10. The van der Waals surface area contributed by atoms with Crippen LogP contribution in [0.25, 0.3) is 0 Å². The van der Waals surface area contributed by atoms with Crippen molar-refractivity contribution in [2.75, 3.05) is 18.5 Å². The molecule has 0 unspecified atom stereocenters. The average molecular weight is 318 g/mol. The van der Waals surface area contributed by atoms with Gasteiger partial charge in [-0.05, 0) is 44.0 Å². The lowest BCUT2D eigenvalue weighted by Crippen LogP contribution is -2.23. The Morgan fingerprint density at radius 3 is 2.57 bits per heavy atom. The Balaban J connectivity index is 1.72. The number of rotatable bonds is 6. The zero-order chi connectivity index (χ0) is 16.8. The molecule has 7 heteroatoms. The van der Waals surface area contributed by atoms with Crippen LogP contribution < -0.4 is 10.1 Å². The molecule has 1 aromatic carbocycles. The van der Waals surface area contributed by atoms with Crippen molar-refractivity contribution in [1.29, 1.82) is 0 Å². The minimum absolute atomic E-state index is 0.265. The summed E-state index contributed by atoms with van der Waals surface area (Å²) in [5.74, 6) is 0.286. The van der Waals surface area contributed by atoms with E-state index in [-0.39, 0.29) is 12.4 Å². The van der Waals surface area contributed by atoms with Crippen LogP contribution in [0.3, 0.4) is 0 Å². The molecule has 0 bridgehead atoms. The molecule has 0 fully saturated rings. The number of benzene rings is 1. The van der Waals surface area contributed by atoms with Crippen molar-refractivity contribution in [2.24, 2.45) is 0 Å². The molecular weight excluding hydrogens is 300 g/mol. The molecule has 0 aliphatic carbocycles. The molecule has 0 saturated carbocycles. The molecule has 0 spiro atoms. The van der Waals surface area contributed by atoms with Gasteiger partial charge >= 0.3 is 5.97 Å². The first-order chi connectivity index (χ1) is 10.9. The second kappa shape index (κ2) is 7.44. The fraction of sp³-hybridized carbons (Fsp3) is 0.312. The second-order valence-electron chi connectivity index (χ2n) is 5.07. The first-order valence-corrected chi connectivity index (χ1v) is 7.03. The van der Waals surface area contributed by atoms with Gasteiger partial charge < -0.3 is 19.3 Å². The Morgan fingerprint density at radius 1 is 1.13 bits per heavy atom. The first-order valence-electron chi connectivity index (χ1n) is 7.03. The van der Waals surface area contributed by atoms with Gasteiger partial charge in [0.1, 0.15) is 11.5 Å². The summed E-state index contributed by atoms with van der Waals surface area (Å²) in [6.45, 7) is 4.96. The molecular formula is C16H18N2O5. The number of carbonyl (C=O) groups excluding carboxylic acids is 2. The number of amides is 1. The molecule has 0 atom stereocenters. The van der Waals surface area contributed by atoms with E-state index in [1.54, 1.807) is 19.1 Å². The number of esters is 1. The predicted octanol–water partition coefficient (Wildman–Crippen LogP) is 2.16. The highest BCUT2D eigenvalue weighted by molar-refractivity contribution is 5.91. The van der Waals surface area contributed by atoms with E-state index in [2.05, 4.69) is 10.5 Å². The lowest BCUT2D eigenvalue weighted by Gasteiger charge is -2.08. The van der Waals surface area contributed by atoms with Crippen molar-refractivity contribution in [3.05, 3.63) is 41.2 Å². The summed E-state index contributed by atoms with van der Waals surface area (Å²) in [5, 5.41) is 6.05. The van der Waals surface area contributed by atoms with Crippen LogP contribution in [0.15, 0.2) is 28.8 Å². The smallest absolute Gasteiger partial charge is 0.344 e. The highest BCUT2D eigenvalue weighted by atomic mass is 16.6. The standard InChI is InChI=1S/C16H18N2O5/c1-10-4-5-13(6-11(10)2)21-9-16(20)22-8-15(19)17-14-7-12(3)23-18-14/h4-7H,8-9H2,1-3H3,(H,17,18,19). The van der Waals surface area contributed by atoms with Crippen molar-refractivity contribution in [2.45, 2.75) is 20.8 Å². The summed E-state index contributed by atoms with van der Waals surface area (Å²) in [5.41, 5.74) is 2.21. The lowest BCUT2D eigenvalue weighted by molar-refractivity contribution is -0.149. The van der Waals surface area contributed by atoms with Crippen LogP contribution in [0.2, 0.25) is 0 Å². The molecule has 2 aromatic rings. The number of carbonyl (C=O) groups is 2. The largest absolute Gasteiger partial charge is 0.482 e. The SMILES string of the molecule is Cc1cc(NC(=O)COC(=O)COc2ccc(C)c(C)c2)no1. The Morgan fingerprint density at radius 2 is 1.91 bits per heavy atom. The van der Waals surface area contributed by atoms with E-state index in [4.69, 9.17) is 14.0 Å². The summed E-state index contributed by atoms with van der Waals surface area (Å²) in [4.78, 5) is 23.1. The van der Waals surface area contributed by atoms with E-state index < -0.39 is 18.5 Å². The Kier molecular flexibility index (Phi) is 5.35. The monoisotopic (exact) mass is 318 g/mol. The van der Waals surface area contributed by atoms with Gasteiger partial charge in [-0.3, -0.25) is 4.79 Å². The zero-order valence-corrected chi connectivity index (χ0v) is 13.2. The van der Waals surface area contributed by atoms with Crippen LogP contribution in [-0.2, 0) is 14.3 Å². The van der Waals surface area contributed by atoms with Gasteiger partial charge in [0.2, 0.25) is 0 Å². The van der Waals surface area contributed by atoms with Crippen molar-refractivity contribution in [1.82, 2.24) is 5.16 Å². The van der Waals surface area contributed by atoms with E-state index in [1.165, 1.54) is 0 Å². The van der Waals surface area contributed by atoms with Gasteiger partial charge in [0.05, 0.1) is 0 Å². The van der Waals surface area contributed by atoms with Crippen molar-refractivity contribution < 1.29 is 23.6 Å². The fourth-order valence-corrected chi connectivity index (χ4v) is 1.74. The fourth-order valence-electron chi connectivity index (χ4n) is 1.74. The van der Waals surface area contributed by atoms with Crippen LogP contribution in [0.4, 0.5) is 5.82 Å². The van der Waals surface area contributed by atoms with Gasteiger partial charge in [0.25, 0.3) is 5.91 Å². The molecule has 2 rings (SSSR count). The topological polar surface area (TPSA) is 90.7 Å². The average Bonchev–Trinajstić information content (AvgIpc) is 2.91. The van der Waals surface area contributed by atoms with E-state index >= 15 is 0 Å². The Labute approximate surface area is 133 Å². The van der Waals surface area contributed by atoms with Crippen LogP contribution in [-0.4, -0.2) is 30.2 Å². The third-order valence-electron chi connectivity index (χ3n) is 3.09. The maximum atomic E-state index is 11.6. The number of aryl methyl sites for hydroxylation is 3. The minimum Gasteiger partial charge on any atom is -0.482 e. The van der Waals surface area contributed by atoms with E-state index in [0.29, 0.717) is 11.5 Å². The lowest BCUT2D eigenvalue weighted by atomic mass is 10.1. The molecule has 23 heavy (non-hydrogen) atoms. The number of anilines is 1. The summed E-state index contributed by atoms with van der Waals surface area (Å²) in [6.07, 6.45) is 0. The predicted molar refractivity (Wildman–Crippen MR) is 82.2 cm³/mol. The van der Waals surface area contributed by atoms with Gasteiger partial charge in [-0.2, -0.15) is 0 Å². The van der Waals surface area contributed by atoms with Crippen molar-refractivity contribution >= 4 is 17.7 Å². The van der Waals surface area contributed by atoms with Gasteiger partial charge in [-0.15, -0.1) is 0 Å². The van der Waals surface area contributed by atoms with E-state index in [9.17, 15) is 9.59 Å². The highest BCUT2D eigenvalue weighted by Crippen LogP contribution is 2.16. The van der Waals surface area contributed by atoms with E-state index in [1.807, 2.05) is 26.0 Å². The summed E-state index contributed by atoms with van der Waals surface area (Å²) in [6, 6.07) is 7.07. The van der Waals surface area contributed by atoms with Gasteiger partial charge in [0, 0.05) is 6.07 Å². The van der Waals surface area contributed by atoms with Crippen LogP contribution in [0.1, 0.15) is 16.9 Å². The first kappa shape index (κ1) is 16.5. The molecule has 0 aliphatic rings. The van der Waals surface area contributed by atoms with E-state index in [0.717, 1.165) is 11.1 Å². The normalized spacial score (nSPS) is 10.2. The third-order valence-corrected chi connectivity index (χ3v) is 3.09. The number of hydrogen-bond donors (Lipinski definition) is 1. The molecule has 0 radical (unpaired) electrons. The molecule has 0 saturated heterocycles. The summed E-state index contributed by atoms with van der Waals surface area (Å²) in [7, 11) is 0. The molecule has 1 heterocycles. The molecule has 0 aliphatic heterocycles. The van der Waals surface area contributed by atoms with Crippen LogP contribution >= 0.6 is 0 Å². The Hall–Kier alpha value is -2.83. The molecule has 1 aromatic heterocycles. The van der Waals surface area contributed by atoms with Gasteiger partial charge in [-0.1, -0.05) is 11.2 Å². The zero-order valence-electron chi connectivity index (χ0n) is 13.2. The number of nitrogens with zero attached hydrogens (tertiary/aromatic N) is 1. The number of ether oxygens (including phenoxy) is 2. The molecule has 1 N–H and O–H groups in total. The Bertz CT molecular complexity index is 708. The third kappa shape index (κ3) is 5.14. The quantitative estimate of drug-likeness (QED) is 0.821. The summed E-state index contributed by atoms with van der Waals surface area (Å²) < 4.78 is 15.0. The van der Waals surface area contributed by atoms with Crippen molar-refractivity contribution in [3.8, 4) is 5.75 Å².